The van der Waals surface area contributed by atoms with Crippen LogP contribution in [0.3, 0.4) is 0 Å². The molecule has 0 spiro atoms. The second-order valence-electron chi connectivity index (χ2n) is 4.53. The van der Waals surface area contributed by atoms with Crippen LogP contribution in [-0.2, 0) is 15.0 Å². The average Bonchev–Trinajstić information content (AvgIpc) is 2.74. The molecule has 0 aromatic rings. The zero-order valence-corrected chi connectivity index (χ0v) is 10.8. The minimum absolute atomic E-state index is 0.188. The van der Waals surface area contributed by atoms with E-state index >= 15 is 0 Å². The van der Waals surface area contributed by atoms with Gasteiger partial charge < -0.3 is 0 Å². The van der Waals surface area contributed by atoms with Gasteiger partial charge in [0.2, 0.25) is 0 Å². The number of hydrogen-bond donors (Lipinski definition) is 0. The monoisotopic (exact) mass is 256 g/mol. The predicted molar refractivity (Wildman–Crippen MR) is 64.8 cm³/mol. The summed E-state index contributed by atoms with van der Waals surface area (Å²) in [7, 11) is -2.35. The highest BCUT2D eigenvalue weighted by Gasteiger charge is 2.31. The van der Waals surface area contributed by atoms with Crippen molar-refractivity contribution < 1.29 is 13.2 Å². The fraction of sp³-hybridized carbons (Fsp3) is 0.636. The average molecular weight is 256 g/mol. The number of carbonyl (C=O) groups is 1. The number of nitrogens with zero attached hydrogens (tertiary/aromatic N) is 2. The van der Waals surface area contributed by atoms with E-state index in [1.807, 2.05) is 0 Å². The SMILES string of the molecule is CC(=O)C1=CC(C2CCCC2)=NS(=O)(=O)N1C. The standard InChI is InChI=1S/C11H16N2O3S/c1-8(14)11-7-10(9-5-3-4-6-9)12-17(15,16)13(11)2/h7,9H,3-6H2,1-2H3. The molecular formula is C11H16N2O3S. The van der Waals surface area contributed by atoms with Crippen LogP contribution in [-0.4, -0.2) is 31.3 Å². The van der Waals surface area contributed by atoms with Gasteiger partial charge in [-0.25, -0.2) is 0 Å². The highest BCUT2D eigenvalue weighted by molar-refractivity contribution is 7.88. The predicted octanol–water partition coefficient (Wildman–Crippen LogP) is 1.28. The Labute approximate surface area is 101 Å². The maximum absolute atomic E-state index is 11.8. The zero-order valence-electron chi connectivity index (χ0n) is 10.0. The highest BCUT2D eigenvalue weighted by atomic mass is 32.2. The Kier molecular flexibility index (Phi) is 3.07. The van der Waals surface area contributed by atoms with Gasteiger partial charge in [0.15, 0.2) is 5.78 Å². The Hall–Kier alpha value is -1.17. The zero-order chi connectivity index (χ0) is 12.6. The molecule has 1 aliphatic heterocycles. The van der Waals surface area contributed by atoms with Gasteiger partial charge in [-0.1, -0.05) is 12.8 Å². The first-order chi connectivity index (χ1) is 7.92. The maximum Gasteiger partial charge on any atom is 0.344 e. The van der Waals surface area contributed by atoms with Crippen molar-refractivity contribution in [3.05, 3.63) is 11.8 Å². The number of allylic oxidation sites excluding steroid dienone is 2. The molecule has 17 heavy (non-hydrogen) atoms. The molecule has 0 unspecified atom stereocenters. The molecule has 0 aromatic carbocycles. The molecule has 94 valence electrons. The van der Waals surface area contributed by atoms with Gasteiger partial charge in [0.05, 0.1) is 11.4 Å². The first-order valence-corrected chi connectivity index (χ1v) is 7.13. The first-order valence-electron chi connectivity index (χ1n) is 5.73. The molecule has 5 nitrogen and oxygen atoms in total. The summed E-state index contributed by atoms with van der Waals surface area (Å²) in [5.74, 6) is -0.0608. The lowest BCUT2D eigenvalue weighted by Gasteiger charge is -2.24. The Morgan fingerprint density at radius 3 is 2.53 bits per heavy atom. The summed E-state index contributed by atoms with van der Waals surface area (Å²) in [6, 6.07) is 0. The van der Waals surface area contributed by atoms with Crippen LogP contribution in [0.2, 0.25) is 0 Å². The summed E-state index contributed by atoms with van der Waals surface area (Å²) < 4.78 is 28.4. The van der Waals surface area contributed by atoms with Crippen LogP contribution in [0.4, 0.5) is 0 Å². The molecule has 0 amide bonds. The lowest BCUT2D eigenvalue weighted by molar-refractivity contribution is -0.114. The summed E-state index contributed by atoms with van der Waals surface area (Å²) in [6.07, 6.45) is 5.74. The number of likely N-dealkylation sites (N-methyl/N-ethyl adjacent to an activating group) is 1. The van der Waals surface area contributed by atoms with Crippen molar-refractivity contribution in [1.82, 2.24) is 4.31 Å². The van der Waals surface area contributed by atoms with Crippen molar-refractivity contribution >= 4 is 21.7 Å². The third kappa shape index (κ3) is 2.26. The van der Waals surface area contributed by atoms with Crippen molar-refractivity contribution in [2.24, 2.45) is 10.3 Å². The molecule has 0 N–H and O–H groups in total. The molecule has 1 aliphatic carbocycles. The molecule has 0 bridgehead atoms. The fourth-order valence-electron chi connectivity index (χ4n) is 2.31. The summed E-state index contributed by atoms with van der Waals surface area (Å²) >= 11 is 0. The van der Waals surface area contributed by atoms with Crippen molar-refractivity contribution in [1.29, 1.82) is 0 Å². The van der Waals surface area contributed by atoms with Crippen LogP contribution in [0, 0.1) is 5.92 Å². The van der Waals surface area contributed by atoms with Crippen LogP contribution < -0.4 is 0 Å². The molecule has 0 atom stereocenters. The van der Waals surface area contributed by atoms with Crippen LogP contribution in [0.25, 0.3) is 0 Å². The van der Waals surface area contributed by atoms with E-state index in [4.69, 9.17) is 0 Å². The summed E-state index contributed by atoms with van der Waals surface area (Å²) in [4.78, 5) is 11.4. The number of carbonyl (C=O) groups excluding carboxylic acids is 1. The van der Waals surface area contributed by atoms with E-state index < -0.39 is 10.2 Å². The molecule has 1 fully saturated rings. The van der Waals surface area contributed by atoms with E-state index in [1.165, 1.54) is 14.0 Å². The summed E-state index contributed by atoms with van der Waals surface area (Å²) in [5.41, 5.74) is 0.757. The molecule has 0 aromatic heterocycles. The van der Waals surface area contributed by atoms with Crippen LogP contribution in [0.5, 0.6) is 0 Å². The number of ketones is 1. The molecule has 1 heterocycles. The van der Waals surface area contributed by atoms with E-state index in [1.54, 1.807) is 6.08 Å². The van der Waals surface area contributed by atoms with Crippen LogP contribution in [0.1, 0.15) is 32.6 Å². The van der Waals surface area contributed by atoms with E-state index in [0.29, 0.717) is 5.71 Å². The summed E-state index contributed by atoms with van der Waals surface area (Å²) in [5, 5.41) is 0. The minimum atomic E-state index is -3.71. The topological polar surface area (TPSA) is 66.8 Å². The van der Waals surface area contributed by atoms with Gasteiger partial charge >= 0.3 is 10.2 Å². The number of Topliss-reactive ketones (excluding diaryl/α,β-unsaturated/α-hetero) is 1. The smallest absolute Gasteiger partial charge is 0.293 e. The molecular weight excluding hydrogens is 240 g/mol. The Bertz CT molecular complexity index is 499. The van der Waals surface area contributed by atoms with Gasteiger partial charge in [0.25, 0.3) is 0 Å². The van der Waals surface area contributed by atoms with Crippen LogP contribution in [0.15, 0.2) is 16.2 Å². The molecule has 2 aliphatic rings. The second-order valence-corrected chi connectivity index (χ2v) is 6.15. The number of hydrogen-bond acceptors (Lipinski definition) is 3. The van der Waals surface area contributed by atoms with E-state index in [2.05, 4.69) is 4.40 Å². The third-order valence-corrected chi connectivity index (χ3v) is 4.66. The van der Waals surface area contributed by atoms with Crippen molar-refractivity contribution in [3.8, 4) is 0 Å². The maximum atomic E-state index is 11.8. The van der Waals surface area contributed by atoms with E-state index in [-0.39, 0.29) is 17.4 Å². The number of rotatable bonds is 2. The normalized spacial score (nSPS) is 24.5. The Morgan fingerprint density at radius 1 is 1.41 bits per heavy atom. The van der Waals surface area contributed by atoms with Gasteiger partial charge in [0, 0.05) is 19.9 Å². The van der Waals surface area contributed by atoms with Crippen molar-refractivity contribution in [2.75, 3.05) is 7.05 Å². The lowest BCUT2D eigenvalue weighted by Crippen LogP contribution is -2.33. The second kappa shape index (κ2) is 4.25. The first kappa shape index (κ1) is 12.3. The molecule has 6 heteroatoms. The van der Waals surface area contributed by atoms with Gasteiger partial charge in [-0.05, 0) is 18.9 Å². The molecule has 0 radical (unpaired) electrons. The Balaban J connectivity index is 2.42. The quantitative estimate of drug-likeness (QED) is 0.747. The van der Waals surface area contributed by atoms with Gasteiger partial charge in [0.1, 0.15) is 0 Å². The fourth-order valence-corrected chi connectivity index (χ4v) is 3.33. The van der Waals surface area contributed by atoms with Crippen molar-refractivity contribution in [2.45, 2.75) is 32.6 Å². The highest BCUT2D eigenvalue weighted by Crippen LogP contribution is 2.30. The van der Waals surface area contributed by atoms with E-state index in [9.17, 15) is 13.2 Å². The largest absolute Gasteiger partial charge is 0.344 e. The van der Waals surface area contributed by atoms with E-state index in [0.717, 1.165) is 30.0 Å². The summed E-state index contributed by atoms with van der Waals surface area (Å²) in [6.45, 7) is 1.37. The van der Waals surface area contributed by atoms with Crippen LogP contribution >= 0.6 is 0 Å². The molecule has 0 saturated heterocycles. The lowest BCUT2D eigenvalue weighted by atomic mass is 10.0. The minimum Gasteiger partial charge on any atom is -0.293 e. The third-order valence-electron chi connectivity index (χ3n) is 3.32. The van der Waals surface area contributed by atoms with Crippen molar-refractivity contribution in [3.63, 3.8) is 0 Å². The molecule has 2 rings (SSSR count). The van der Waals surface area contributed by atoms with Gasteiger partial charge in [-0.15, -0.1) is 4.40 Å². The molecule has 1 saturated carbocycles. The van der Waals surface area contributed by atoms with Gasteiger partial charge in [-0.3, -0.25) is 9.10 Å². The Morgan fingerprint density at radius 2 is 2.00 bits per heavy atom. The van der Waals surface area contributed by atoms with Gasteiger partial charge in [-0.2, -0.15) is 8.42 Å².